The summed E-state index contributed by atoms with van der Waals surface area (Å²) in [5.41, 5.74) is 1.39. The van der Waals surface area contributed by atoms with Crippen LogP contribution in [0.4, 0.5) is 0 Å². The fourth-order valence-electron chi connectivity index (χ4n) is 1.53. The topological polar surface area (TPSA) is 12.0 Å². The molecular weight excluding hydrogens is 214 g/mol. The smallest absolute Gasteiger partial charge is 0.0101 e. The van der Waals surface area contributed by atoms with Gasteiger partial charge in [0.05, 0.1) is 0 Å². The van der Waals surface area contributed by atoms with E-state index in [1.54, 1.807) is 0 Å². The molecule has 0 aliphatic heterocycles. The molecule has 0 aromatic heterocycles. The van der Waals surface area contributed by atoms with Crippen LogP contribution >= 0.6 is 11.8 Å². The second-order valence-electron chi connectivity index (χ2n) is 4.39. The van der Waals surface area contributed by atoms with Gasteiger partial charge in [0, 0.05) is 10.6 Å². The number of benzene rings is 1. The minimum atomic E-state index is 0.733. The van der Waals surface area contributed by atoms with E-state index < -0.39 is 0 Å². The van der Waals surface area contributed by atoms with E-state index in [2.05, 4.69) is 50.4 Å². The third-order valence-corrected chi connectivity index (χ3v) is 4.04. The molecule has 1 rings (SSSR count). The largest absolute Gasteiger partial charge is 0.316 e. The van der Waals surface area contributed by atoms with E-state index in [0.717, 1.165) is 19.0 Å². The maximum atomic E-state index is 3.47. The van der Waals surface area contributed by atoms with Crippen molar-refractivity contribution in [3.8, 4) is 0 Å². The summed E-state index contributed by atoms with van der Waals surface area (Å²) < 4.78 is 0. The summed E-state index contributed by atoms with van der Waals surface area (Å²) in [7, 11) is 0. The lowest BCUT2D eigenvalue weighted by Gasteiger charge is -2.12. The fourth-order valence-corrected chi connectivity index (χ4v) is 2.59. The van der Waals surface area contributed by atoms with Crippen molar-refractivity contribution in [2.24, 2.45) is 5.92 Å². The van der Waals surface area contributed by atoms with Crippen molar-refractivity contribution >= 4 is 11.8 Å². The zero-order valence-corrected chi connectivity index (χ0v) is 11.4. The molecule has 0 aliphatic rings. The molecule has 0 bridgehead atoms. The van der Waals surface area contributed by atoms with Gasteiger partial charge in [-0.05, 0) is 44.0 Å². The number of hydrogen-bond donors (Lipinski definition) is 1. The molecule has 2 heteroatoms. The Morgan fingerprint density at radius 2 is 2.06 bits per heavy atom. The van der Waals surface area contributed by atoms with Gasteiger partial charge in [0.2, 0.25) is 0 Å². The molecule has 0 saturated heterocycles. The van der Waals surface area contributed by atoms with Gasteiger partial charge in [-0.2, -0.15) is 0 Å². The highest BCUT2D eigenvalue weighted by Crippen LogP contribution is 2.23. The second-order valence-corrected chi connectivity index (χ2v) is 5.45. The Morgan fingerprint density at radius 1 is 1.31 bits per heavy atom. The fraction of sp³-hybridized carbons (Fsp3) is 0.571. The summed E-state index contributed by atoms with van der Waals surface area (Å²) in [5, 5.41) is 3.47. The highest BCUT2D eigenvalue weighted by atomic mass is 32.2. The van der Waals surface area contributed by atoms with Gasteiger partial charge in [-0.1, -0.05) is 32.0 Å². The molecule has 0 radical (unpaired) electrons. The minimum Gasteiger partial charge on any atom is -0.316 e. The van der Waals surface area contributed by atoms with Crippen LogP contribution in [-0.4, -0.2) is 18.8 Å². The first kappa shape index (κ1) is 13.6. The van der Waals surface area contributed by atoms with E-state index in [9.17, 15) is 0 Å². The molecule has 0 saturated carbocycles. The summed E-state index contributed by atoms with van der Waals surface area (Å²) in [6.07, 6.45) is 1.22. The zero-order valence-electron chi connectivity index (χ0n) is 10.6. The Bertz CT molecular complexity index is 299. The SMILES string of the molecule is CCCNCC(C)CSc1ccccc1C. The van der Waals surface area contributed by atoms with E-state index in [4.69, 9.17) is 0 Å². The molecule has 0 heterocycles. The van der Waals surface area contributed by atoms with Gasteiger partial charge in [0.1, 0.15) is 0 Å². The molecule has 0 fully saturated rings. The Balaban J connectivity index is 2.26. The third-order valence-electron chi connectivity index (χ3n) is 2.54. The summed E-state index contributed by atoms with van der Waals surface area (Å²) in [6.45, 7) is 8.97. The lowest BCUT2D eigenvalue weighted by molar-refractivity contribution is 0.557. The van der Waals surface area contributed by atoms with E-state index in [0.29, 0.717) is 0 Å². The van der Waals surface area contributed by atoms with Crippen molar-refractivity contribution in [2.45, 2.75) is 32.1 Å². The molecule has 1 aromatic carbocycles. The number of thioether (sulfide) groups is 1. The van der Waals surface area contributed by atoms with E-state index in [1.807, 2.05) is 11.8 Å². The van der Waals surface area contributed by atoms with Crippen LogP contribution in [0.15, 0.2) is 29.2 Å². The van der Waals surface area contributed by atoms with Crippen LogP contribution in [-0.2, 0) is 0 Å². The van der Waals surface area contributed by atoms with Crippen LogP contribution in [0.1, 0.15) is 25.8 Å². The zero-order chi connectivity index (χ0) is 11.8. The van der Waals surface area contributed by atoms with Crippen LogP contribution in [0.2, 0.25) is 0 Å². The molecule has 0 aliphatic carbocycles. The van der Waals surface area contributed by atoms with E-state index in [-0.39, 0.29) is 0 Å². The lowest BCUT2D eigenvalue weighted by atomic mass is 10.2. The standard InChI is InChI=1S/C14H23NS/c1-4-9-15-10-12(2)11-16-14-8-6-5-7-13(14)3/h5-8,12,15H,4,9-11H2,1-3H3. The highest BCUT2D eigenvalue weighted by Gasteiger charge is 2.03. The third kappa shape index (κ3) is 5.04. The van der Waals surface area contributed by atoms with Crippen LogP contribution in [0.5, 0.6) is 0 Å². The molecule has 0 amide bonds. The second kappa shape index (κ2) is 7.75. The Morgan fingerprint density at radius 3 is 2.75 bits per heavy atom. The van der Waals surface area contributed by atoms with Crippen molar-refractivity contribution in [3.05, 3.63) is 29.8 Å². The van der Waals surface area contributed by atoms with Crippen LogP contribution in [0.25, 0.3) is 0 Å². The van der Waals surface area contributed by atoms with Gasteiger partial charge >= 0.3 is 0 Å². The maximum Gasteiger partial charge on any atom is 0.0101 e. The molecule has 1 unspecified atom stereocenters. The highest BCUT2D eigenvalue weighted by molar-refractivity contribution is 7.99. The first-order valence-corrected chi connectivity index (χ1v) is 7.11. The van der Waals surface area contributed by atoms with E-state index >= 15 is 0 Å². The molecule has 0 spiro atoms. The van der Waals surface area contributed by atoms with Gasteiger partial charge in [-0.25, -0.2) is 0 Å². The van der Waals surface area contributed by atoms with Crippen LogP contribution in [0.3, 0.4) is 0 Å². The minimum absolute atomic E-state index is 0.733. The summed E-state index contributed by atoms with van der Waals surface area (Å²) >= 11 is 1.97. The molecule has 1 nitrogen and oxygen atoms in total. The number of nitrogens with one attached hydrogen (secondary N) is 1. The Kier molecular flexibility index (Phi) is 6.58. The molecule has 1 N–H and O–H groups in total. The van der Waals surface area contributed by atoms with Crippen LogP contribution < -0.4 is 5.32 Å². The summed E-state index contributed by atoms with van der Waals surface area (Å²) in [5.74, 6) is 1.93. The number of aryl methyl sites for hydroxylation is 1. The molecule has 16 heavy (non-hydrogen) atoms. The summed E-state index contributed by atoms with van der Waals surface area (Å²) in [6, 6.07) is 8.62. The predicted octanol–water partition coefficient (Wildman–Crippen LogP) is 3.72. The van der Waals surface area contributed by atoms with E-state index in [1.165, 1.54) is 22.6 Å². The summed E-state index contributed by atoms with van der Waals surface area (Å²) in [4.78, 5) is 1.42. The van der Waals surface area contributed by atoms with Gasteiger partial charge in [-0.3, -0.25) is 0 Å². The first-order chi connectivity index (χ1) is 7.74. The van der Waals surface area contributed by atoms with Gasteiger partial charge in [0.25, 0.3) is 0 Å². The average molecular weight is 237 g/mol. The van der Waals surface area contributed by atoms with Crippen molar-refractivity contribution in [3.63, 3.8) is 0 Å². The Hall–Kier alpha value is -0.470. The Labute approximate surface area is 104 Å². The van der Waals surface area contributed by atoms with Crippen molar-refractivity contribution in [1.82, 2.24) is 5.32 Å². The van der Waals surface area contributed by atoms with Crippen LogP contribution in [0, 0.1) is 12.8 Å². The molecule has 90 valence electrons. The van der Waals surface area contributed by atoms with Crippen molar-refractivity contribution in [1.29, 1.82) is 0 Å². The lowest BCUT2D eigenvalue weighted by Crippen LogP contribution is -2.23. The van der Waals surface area contributed by atoms with Gasteiger partial charge in [0.15, 0.2) is 0 Å². The molecule has 1 atom stereocenters. The normalized spacial score (nSPS) is 12.7. The van der Waals surface area contributed by atoms with Crippen molar-refractivity contribution in [2.75, 3.05) is 18.8 Å². The molecule has 1 aromatic rings. The monoisotopic (exact) mass is 237 g/mol. The maximum absolute atomic E-state index is 3.47. The first-order valence-electron chi connectivity index (χ1n) is 6.13. The number of rotatable bonds is 7. The predicted molar refractivity (Wildman–Crippen MR) is 74.2 cm³/mol. The van der Waals surface area contributed by atoms with Crippen molar-refractivity contribution < 1.29 is 0 Å². The average Bonchev–Trinajstić information content (AvgIpc) is 2.28. The quantitative estimate of drug-likeness (QED) is 0.573. The van der Waals surface area contributed by atoms with Gasteiger partial charge in [-0.15, -0.1) is 11.8 Å². The molecular formula is C14H23NS. The van der Waals surface area contributed by atoms with Gasteiger partial charge < -0.3 is 5.32 Å². The number of hydrogen-bond acceptors (Lipinski definition) is 2.